The lowest BCUT2D eigenvalue weighted by atomic mass is 10.3. The van der Waals surface area contributed by atoms with Gasteiger partial charge in [0.1, 0.15) is 12.6 Å². The first-order valence-electron chi connectivity index (χ1n) is 4.19. The fourth-order valence-corrected chi connectivity index (χ4v) is 3.21. The molecule has 6 N–H and O–H groups in total. The Morgan fingerprint density at radius 3 is 1.71 bits per heavy atom. The van der Waals surface area contributed by atoms with Crippen molar-refractivity contribution in [1.82, 2.24) is 4.90 Å². The predicted molar refractivity (Wildman–Crippen MR) is 62.5 cm³/mol. The van der Waals surface area contributed by atoms with Gasteiger partial charge in [-0.2, -0.15) is 12.6 Å². The van der Waals surface area contributed by atoms with Gasteiger partial charge in [0.15, 0.2) is 0 Å². The summed E-state index contributed by atoms with van der Waals surface area (Å²) in [6.07, 6.45) is -1.96. The highest BCUT2D eigenvalue weighted by Crippen LogP contribution is 2.41. The van der Waals surface area contributed by atoms with E-state index in [0.29, 0.717) is 4.90 Å². The van der Waals surface area contributed by atoms with Crippen molar-refractivity contribution in [3.8, 4) is 0 Å². The second-order valence-electron chi connectivity index (χ2n) is 3.30. The second-order valence-corrected chi connectivity index (χ2v) is 6.89. The minimum atomic E-state index is -4.57. The van der Waals surface area contributed by atoms with Crippen LogP contribution in [0.5, 0.6) is 0 Å². The van der Waals surface area contributed by atoms with Crippen molar-refractivity contribution in [1.29, 1.82) is 0 Å². The van der Waals surface area contributed by atoms with Crippen molar-refractivity contribution in [3.05, 3.63) is 0 Å². The summed E-state index contributed by atoms with van der Waals surface area (Å²) in [4.78, 5) is 46.6. The lowest BCUT2D eigenvalue weighted by Gasteiger charge is -2.28. The molecule has 1 atom stereocenters. The average Bonchev–Trinajstić information content (AvgIpc) is 1.96. The number of thiol groups is 1. The van der Waals surface area contributed by atoms with Gasteiger partial charge in [0.2, 0.25) is 5.91 Å². The number of hydrogen-bond acceptors (Lipinski definition) is 5. The summed E-state index contributed by atoms with van der Waals surface area (Å²) in [6, 6.07) is -1.27. The lowest BCUT2D eigenvalue weighted by Crippen LogP contribution is -2.46. The smallest absolute Gasteiger partial charge is 0.339 e. The summed E-state index contributed by atoms with van der Waals surface area (Å²) >= 11 is 3.75. The summed E-state index contributed by atoms with van der Waals surface area (Å²) < 4.78 is 21.6. The first kappa shape index (κ1) is 17.1. The maximum atomic E-state index is 11.0. The maximum Gasteiger partial charge on any atom is 0.339 e. The van der Waals surface area contributed by atoms with Crippen molar-refractivity contribution in [2.24, 2.45) is 5.73 Å². The molecule has 0 aromatic heterocycles. The zero-order chi connectivity index (χ0) is 13.9. The molecule has 12 heteroatoms. The molecule has 0 heterocycles. The van der Waals surface area contributed by atoms with E-state index in [9.17, 15) is 13.9 Å². The molecule has 0 bridgehead atoms. The first-order valence-corrected chi connectivity index (χ1v) is 8.42. The van der Waals surface area contributed by atoms with E-state index in [-0.39, 0.29) is 5.75 Å². The number of primary amides is 1. The van der Waals surface area contributed by atoms with E-state index in [1.54, 1.807) is 0 Å². The van der Waals surface area contributed by atoms with E-state index < -0.39 is 39.7 Å². The Balaban J connectivity index is 5.02. The molecule has 102 valence electrons. The first-order chi connectivity index (χ1) is 7.46. The molecule has 0 rings (SSSR count). The van der Waals surface area contributed by atoms with E-state index in [1.165, 1.54) is 0 Å². The molecule has 0 saturated heterocycles. The van der Waals surface area contributed by atoms with Gasteiger partial charge < -0.3 is 25.3 Å². The van der Waals surface area contributed by atoms with E-state index in [1.807, 2.05) is 0 Å². The number of rotatable bonds is 7. The molecule has 0 aliphatic heterocycles. The Kier molecular flexibility index (Phi) is 6.34. The third-order valence-corrected chi connectivity index (χ3v) is 3.48. The molecule has 0 aromatic rings. The lowest BCUT2D eigenvalue weighted by molar-refractivity contribution is -0.121. The third-order valence-electron chi connectivity index (χ3n) is 1.67. The summed E-state index contributed by atoms with van der Waals surface area (Å²) in [5.41, 5.74) is 4.95. The molecular weight excluding hydrogens is 294 g/mol. The van der Waals surface area contributed by atoms with Crippen LogP contribution in [0.3, 0.4) is 0 Å². The van der Waals surface area contributed by atoms with Gasteiger partial charge in [-0.1, -0.05) is 0 Å². The number of carbonyl (C=O) groups is 1. The molecule has 0 spiro atoms. The molecule has 0 fully saturated rings. The number of carbonyl (C=O) groups excluding carboxylic acids is 1. The van der Waals surface area contributed by atoms with E-state index in [0.717, 1.165) is 0 Å². The predicted octanol–water partition coefficient (Wildman–Crippen LogP) is -1.66. The molecule has 0 aliphatic rings. The zero-order valence-electron chi connectivity index (χ0n) is 8.58. The highest BCUT2D eigenvalue weighted by Gasteiger charge is 2.33. The standard InChI is InChI=1S/C5H14N2O7P2S/c6-5(8)4(1-17)7(2-15(9,10)11)3-16(12,13)14/h4,17H,1-3H2,(H2,6,8)(H2,9,10,11)(H2,12,13,14)/t4-/m0/s1. The van der Waals surface area contributed by atoms with Crippen LogP contribution in [0.4, 0.5) is 0 Å². The van der Waals surface area contributed by atoms with Gasteiger partial charge in [0.05, 0.1) is 6.04 Å². The Morgan fingerprint density at radius 1 is 1.18 bits per heavy atom. The Morgan fingerprint density at radius 2 is 1.53 bits per heavy atom. The van der Waals surface area contributed by atoms with Gasteiger partial charge in [0.25, 0.3) is 0 Å². The van der Waals surface area contributed by atoms with Gasteiger partial charge in [-0.25, -0.2) is 0 Å². The van der Waals surface area contributed by atoms with Crippen LogP contribution in [0, 0.1) is 0 Å². The molecule has 0 radical (unpaired) electrons. The second kappa shape index (κ2) is 6.31. The van der Waals surface area contributed by atoms with Gasteiger partial charge in [-0.05, 0) is 0 Å². The summed E-state index contributed by atoms with van der Waals surface area (Å²) in [5, 5.41) is 0. The maximum absolute atomic E-state index is 11.0. The molecule has 17 heavy (non-hydrogen) atoms. The minimum absolute atomic E-state index is 0.213. The highest BCUT2D eigenvalue weighted by molar-refractivity contribution is 7.80. The number of nitrogens with zero attached hydrogens (tertiary/aromatic N) is 1. The molecular formula is C5H14N2O7P2S. The molecule has 0 aliphatic carbocycles. The van der Waals surface area contributed by atoms with Crippen molar-refractivity contribution in [3.63, 3.8) is 0 Å². The van der Waals surface area contributed by atoms with E-state index in [4.69, 9.17) is 25.3 Å². The Bertz CT molecular complexity index is 341. The number of hydrogen-bond donors (Lipinski definition) is 6. The molecule has 0 unspecified atom stereocenters. The van der Waals surface area contributed by atoms with Gasteiger partial charge in [-0.3, -0.25) is 18.8 Å². The fraction of sp³-hybridized carbons (Fsp3) is 0.800. The summed E-state index contributed by atoms with van der Waals surface area (Å²) in [6.45, 7) is 0. The van der Waals surface area contributed by atoms with E-state index >= 15 is 0 Å². The van der Waals surface area contributed by atoms with Crippen LogP contribution in [-0.2, 0) is 13.9 Å². The molecule has 1 amide bonds. The largest absolute Gasteiger partial charge is 0.368 e. The molecule has 0 aromatic carbocycles. The monoisotopic (exact) mass is 308 g/mol. The van der Waals surface area contributed by atoms with Crippen molar-refractivity contribution < 1.29 is 33.5 Å². The van der Waals surface area contributed by atoms with Crippen LogP contribution in [0.2, 0.25) is 0 Å². The van der Waals surface area contributed by atoms with E-state index in [2.05, 4.69) is 12.6 Å². The van der Waals surface area contributed by atoms with Gasteiger partial charge >= 0.3 is 15.2 Å². The third kappa shape index (κ3) is 7.91. The quantitative estimate of drug-likeness (QED) is 0.240. The van der Waals surface area contributed by atoms with Crippen LogP contribution in [0.25, 0.3) is 0 Å². The number of amides is 1. The van der Waals surface area contributed by atoms with Crippen LogP contribution >= 0.6 is 27.8 Å². The molecule has 0 saturated carbocycles. The SMILES string of the molecule is NC(=O)[C@H](CS)N(CP(=O)(O)O)CP(=O)(O)O. The Hall–Kier alpha value is 0.0800. The van der Waals surface area contributed by atoms with Gasteiger partial charge in [0, 0.05) is 5.75 Å². The summed E-state index contributed by atoms with van der Waals surface area (Å²) in [5.74, 6) is -1.18. The normalized spacial score (nSPS) is 14.9. The topological polar surface area (TPSA) is 161 Å². The minimum Gasteiger partial charge on any atom is -0.368 e. The number of nitrogens with two attached hydrogens (primary N) is 1. The van der Waals surface area contributed by atoms with Crippen molar-refractivity contribution >= 4 is 33.7 Å². The van der Waals surface area contributed by atoms with Crippen LogP contribution in [0.1, 0.15) is 0 Å². The average molecular weight is 308 g/mol. The Labute approximate surface area is 103 Å². The van der Waals surface area contributed by atoms with Crippen LogP contribution < -0.4 is 5.73 Å². The highest BCUT2D eigenvalue weighted by atomic mass is 32.1. The zero-order valence-corrected chi connectivity index (χ0v) is 11.3. The van der Waals surface area contributed by atoms with Crippen LogP contribution in [0.15, 0.2) is 0 Å². The fourth-order valence-electron chi connectivity index (χ4n) is 1.10. The summed E-state index contributed by atoms with van der Waals surface area (Å²) in [7, 11) is -9.15. The van der Waals surface area contributed by atoms with Crippen molar-refractivity contribution in [2.45, 2.75) is 6.04 Å². The van der Waals surface area contributed by atoms with Crippen LogP contribution in [-0.4, -0.2) is 54.7 Å². The van der Waals surface area contributed by atoms with Gasteiger partial charge in [-0.15, -0.1) is 0 Å². The molecule has 9 nitrogen and oxygen atoms in total. The van der Waals surface area contributed by atoms with Crippen molar-refractivity contribution in [2.75, 3.05) is 18.3 Å².